The predicted octanol–water partition coefficient (Wildman–Crippen LogP) is 2.07. The molecule has 0 saturated carbocycles. The highest BCUT2D eigenvalue weighted by Gasteiger charge is 2.50. The molecule has 0 radical (unpaired) electrons. The molecule has 0 spiro atoms. The number of carbonyl (C=O) groups excluding carboxylic acids is 1. The third kappa shape index (κ3) is 3.33. The summed E-state index contributed by atoms with van der Waals surface area (Å²) in [4.78, 5) is 18.6. The number of amides is 1. The standard InChI is InChI=1S/C17H24N2O4/c1-16(2,3)23-15(20)19-12-8-17(21,9-13(19)11-22-10-12)14-6-4-5-7-18-14/h4-7,12-13,21H,8-11H2,1-3H3. The summed E-state index contributed by atoms with van der Waals surface area (Å²) in [5, 5.41) is 11.1. The molecule has 1 aromatic rings. The summed E-state index contributed by atoms with van der Waals surface area (Å²) in [7, 11) is 0. The van der Waals surface area contributed by atoms with E-state index in [1.54, 1.807) is 11.1 Å². The number of aromatic nitrogens is 1. The molecule has 2 saturated heterocycles. The van der Waals surface area contributed by atoms with Crippen molar-refractivity contribution in [2.75, 3.05) is 13.2 Å². The Morgan fingerprint density at radius 2 is 2.00 bits per heavy atom. The van der Waals surface area contributed by atoms with Gasteiger partial charge < -0.3 is 14.6 Å². The van der Waals surface area contributed by atoms with Crippen molar-refractivity contribution in [2.24, 2.45) is 0 Å². The second-order valence-electron chi connectivity index (χ2n) is 7.39. The summed E-state index contributed by atoms with van der Waals surface area (Å²) < 4.78 is 11.1. The average molecular weight is 320 g/mol. The number of aliphatic hydroxyl groups is 1. The van der Waals surface area contributed by atoms with Crippen molar-refractivity contribution in [1.82, 2.24) is 9.88 Å². The van der Waals surface area contributed by atoms with Crippen LogP contribution in [0.1, 0.15) is 39.3 Å². The molecule has 2 bridgehead atoms. The fraction of sp³-hybridized carbons (Fsp3) is 0.647. The van der Waals surface area contributed by atoms with Crippen LogP contribution in [0.25, 0.3) is 0 Å². The minimum absolute atomic E-state index is 0.204. The van der Waals surface area contributed by atoms with Crippen LogP contribution in [0.3, 0.4) is 0 Å². The number of pyridine rings is 1. The van der Waals surface area contributed by atoms with Gasteiger partial charge in [-0.1, -0.05) is 6.07 Å². The van der Waals surface area contributed by atoms with Gasteiger partial charge in [-0.2, -0.15) is 0 Å². The zero-order chi connectivity index (χ0) is 16.7. The predicted molar refractivity (Wildman–Crippen MR) is 83.8 cm³/mol. The molecule has 0 aromatic carbocycles. The van der Waals surface area contributed by atoms with Gasteiger partial charge in [0.2, 0.25) is 0 Å². The number of rotatable bonds is 1. The van der Waals surface area contributed by atoms with E-state index >= 15 is 0 Å². The molecule has 1 N–H and O–H groups in total. The Kier molecular flexibility index (Phi) is 4.06. The Morgan fingerprint density at radius 3 is 2.52 bits per heavy atom. The number of morpholine rings is 1. The summed E-state index contributed by atoms with van der Waals surface area (Å²) >= 11 is 0. The lowest BCUT2D eigenvalue weighted by Gasteiger charge is -2.51. The van der Waals surface area contributed by atoms with Gasteiger partial charge in [-0.3, -0.25) is 9.88 Å². The van der Waals surface area contributed by atoms with Crippen LogP contribution < -0.4 is 0 Å². The van der Waals surface area contributed by atoms with Crippen molar-refractivity contribution in [1.29, 1.82) is 0 Å². The second-order valence-corrected chi connectivity index (χ2v) is 7.39. The molecule has 3 heterocycles. The van der Waals surface area contributed by atoms with Gasteiger partial charge in [-0.15, -0.1) is 0 Å². The first-order valence-corrected chi connectivity index (χ1v) is 8.01. The minimum atomic E-state index is -1.03. The zero-order valence-corrected chi connectivity index (χ0v) is 13.9. The second kappa shape index (κ2) is 5.76. The Balaban J connectivity index is 1.82. The zero-order valence-electron chi connectivity index (χ0n) is 13.9. The van der Waals surface area contributed by atoms with E-state index in [0.29, 0.717) is 31.7 Å². The SMILES string of the molecule is CC(C)(C)OC(=O)N1C2COCC1CC(O)(c1ccccn1)C2. The first kappa shape index (κ1) is 16.2. The van der Waals surface area contributed by atoms with E-state index in [4.69, 9.17) is 9.47 Å². The quantitative estimate of drug-likeness (QED) is 0.857. The molecule has 1 amide bonds. The smallest absolute Gasteiger partial charge is 0.410 e. The van der Waals surface area contributed by atoms with E-state index in [-0.39, 0.29) is 18.2 Å². The normalized spacial score (nSPS) is 30.9. The van der Waals surface area contributed by atoms with Gasteiger partial charge in [0.15, 0.2) is 0 Å². The molecular formula is C17H24N2O4. The third-order valence-corrected chi connectivity index (χ3v) is 4.30. The van der Waals surface area contributed by atoms with Crippen molar-refractivity contribution in [3.8, 4) is 0 Å². The van der Waals surface area contributed by atoms with Crippen LogP contribution >= 0.6 is 0 Å². The van der Waals surface area contributed by atoms with E-state index in [1.807, 2.05) is 39.0 Å². The summed E-state index contributed by atoms with van der Waals surface area (Å²) in [6.45, 7) is 6.37. The fourth-order valence-corrected chi connectivity index (χ4v) is 3.44. The summed E-state index contributed by atoms with van der Waals surface area (Å²) in [5.41, 5.74) is -0.916. The van der Waals surface area contributed by atoms with Crippen molar-refractivity contribution < 1.29 is 19.4 Å². The van der Waals surface area contributed by atoms with E-state index in [1.165, 1.54) is 0 Å². The number of ether oxygens (including phenoxy) is 2. The number of hydrogen-bond acceptors (Lipinski definition) is 5. The highest BCUT2D eigenvalue weighted by atomic mass is 16.6. The van der Waals surface area contributed by atoms with Crippen molar-refractivity contribution >= 4 is 6.09 Å². The lowest BCUT2D eigenvalue weighted by atomic mass is 9.79. The van der Waals surface area contributed by atoms with E-state index < -0.39 is 11.2 Å². The van der Waals surface area contributed by atoms with Crippen LogP contribution in [0.15, 0.2) is 24.4 Å². The maximum atomic E-state index is 12.5. The first-order valence-electron chi connectivity index (χ1n) is 8.01. The molecule has 2 aliphatic rings. The van der Waals surface area contributed by atoms with Crippen LogP contribution in [-0.2, 0) is 15.1 Å². The van der Waals surface area contributed by atoms with Crippen LogP contribution in [-0.4, -0.2) is 52.0 Å². The molecule has 3 rings (SSSR count). The Labute approximate surface area is 136 Å². The molecule has 6 heteroatoms. The van der Waals surface area contributed by atoms with E-state index in [2.05, 4.69) is 4.98 Å². The number of hydrogen-bond donors (Lipinski definition) is 1. The molecule has 0 aliphatic carbocycles. The van der Waals surface area contributed by atoms with Crippen molar-refractivity contribution in [3.63, 3.8) is 0 Å². The lowest BCUT2D eigenvalue weighted by Crippen LogP contribution is -2.63. The largest absolute Gasteiger partial charge is 0.444 e. The number of carbonyl (C=O) groups is 1. The van der Waals surface area contributed by atoms with E-state index in [9.17, 15) is 9.90 Å². The highest BCUT2D eigenvalue weighted by molar-refractivity contribution is 5.69. The highest BCUT2D eigenvalue weighted by Crippen LogP contribution is 2.40. The molecule has 23 heavy (non-hydrogen) atoms. The Bertz CT molecular complexity index is 556. The number of piperidine rings is 1. The summed E-state index contributed by atoms with van der Waals surface area (Å²) in [6, 6.07) is 5.12. The molecule has 6 nitrogen and oxygen atoms in total. The topological polar surface area (TPSA) is 71.9 Å². The van der Waals surface area contributed by atoms with Gasteiger partial charge in [0.1, 0.15) is 11.2 Å². The molecular weight excluding hydrogens is 296 g/mol. The monoisotopic (exact) mass is 320 g/mol. The minimum Gasteiger partial charge on any atom is -0.444 e. The van der Waals surface area contributed by atoms with Gasteiger partial charge in [0, 0.05) is 19.0 Å². The molecule has 2 fully saturated rings. The number of fused-ring (bicyclic) bond motifs is 2. The van der Waals surface area contributed by atoms with Crippen molar-refractivity contribution in [2.45, 2.75) is 56.9 Å². The Morgan fingerprint density at radius 1 is 1.35 bits per heavy atom. The van der Waals surface area contributed by atoms with Gasteiger partial charge in [0.25, 0.3) is 0 Å². The maximum absolute atomic E-state index is 12.5. The van der Waals surface area contributed by atoms with Gasteiger partial charge in [0.05, 0.1) is 31.0 Å². The van der Waals surface area contributed by atoms with Crippen LogP contribution in [0.4, 0.5) is 4.79 Å². The molecule has 2 atom stereocenters. The van der Waals surface area contributed by atoms with Gasteiger partial charge in [-0.25, -0.2) is 4.79 Å². The van der Waals surface area contributed by atoms with Gasteiger partial charge in [-0.05, 0) is 32.9 Å². The molecule has 126 valence electrons. The first-order chi connectivity index (χ1) is 10.8. The van der Waals surface area contributed by atoms with E-state index in [0.717, 1.165) is 0 Å². The molecule has 1 aromatic heterocycles. The summed E-state index contributed by atoms with van der Waals surface area (Å²) in [5.74, 6) is 0. The average Bonchev–Trinajstić information content (AvgIpc) is 2.45. The molecule has 2 aliphatic heterocycles. The summed E-state index contributed by atoms with van der Waals surface area (Å²) in [6.07, 6.45) is 2.15. The fourth-order valence-electron chi connectivity index (χ4n) is 3.44. The molecule has 2 unspecified atom stereocenters. The Hall–Kier alpha value is -1.66. The van der Waals surface area contributed by atoms with Crippen LogP contribution in [0.2, 0.25) is 0 Å². The van der Waals surface area contributed by atoms with Crippen LogP contribution in [0.5, 0.6) is 0 Å². The van der Waals surface area contributed by atoms with Crippen molar-refractivity contribution in [3.05, 3.63) is 30.1 Å². The number of nitrogens with zero attached hydrogens (tertiary/aromatic N) is 2. The third-order valence-electron chi connectivity index (χ3n) is 4.30. The van der Waals surface area contributed by atoms with Gasteiger partial charge >= 0.3 is 6.09 Å². The maximum Gasteiger partial charge on any atom is 0.410 e. The lowest BCUT2D eigenvalue weighted by molar-refractivity contribution is -0.142. The van der Waals surface area contributed by atoms with Crippen LogP contribution in [0, 0.1) is 0 Å².